The number of anilines is 2. The van der Waals surface area contributed by atoms with Gasteiger partial charge in [0, 0.05) is 24.1 Å². The number of sulfonamides is 1. The second-order valence-corrected chi connectivity index (χ2v) is 8.14. The van der Waals surface area contributed by atoms with Crippen molar-refractivity contribution < 1.29 is 13.2 Å². The van der Waals surface area contributed by atoms with Crippen molar-refractivity contribution in [3.8, 4) is 0 Å². The summed E-state index contributed by atoms with van der Waals surface area (Å²) in [7, 11) is -3.44. The molecule has 0 spiro atoms. The average Bonchev–Trinajstić information content (AvgIpc) is 2.60. The van der Waals surface area contributed by atoms with E-state index in [-0.39, 0.29) is 5.56 Å². The van der Waals surface area contributed by atoms with E-state index in [0.717, 1.165) is 11.9 Å². The van der Waals surface area contributed by atoms with Gasteiger partial charge in [-0.1, -0.05) is 6.07 Å². The average molecular weight is 400 g/mol. The molecule has 0 aliphatic rings. The highest BCUT2D eigenvalue weighted by Crippen LogP contribution is 2.17. The molecule has 0 fully saturated rings. The van der Waals surface area contributed by atoms with E-state index in [1.165, 1.54) is 12.3 Å². The molecule has 0 bridgehead atoms. The molecule has 8 nitrogen and oxygen atoms in total. The Morgan fingerprint density at radius 1 is 1.18 bits per heavy atom. The number of nitrogens with one attached hydrogen (secondary N) is 2. The summed E-state index contributed by atoms with van der Waals surface area (Å²) in [5, 5.41) is 3.01. The number of rotatable bonds is 5. The molecule has 2 aromatic heterocycles. The summed E-state index contributed by atoms with van der Waals surface area (Å²) in [6.07, 6.45) is 2.53. The van der Waals surface area contributed by atoms with Crippen LogP contribution in [0.25, 0.3) is 11.0 Å². The fourth-order valence-corrected chi connectivity index (χ4v) is 3.39. The van der Waals surface area contributed by atoms with Gasteiger partial charge in [0.05, 0.1) is 17.3 Å². The second-order valence-electron chi connectivity index (χ2n) is 6.39. The minimum absolute atomic E-state index is 0.0125. The molecule has 0 atom stereocenters. The van der Waals surface area contributed by atoms with Crippen molar-refractivity contribution in [2.75, 3.05) is 16.3 Å². The number of aromatic nitrogens is 2. The molecule has 146 valence electrons. The van der Waals surface area contributed by atoms with Crippen LogP contribution in [0.5, 0.6) is 0 Å². The summed E-state index contributed by atoms with van der Waals surface area (Å²) >= 11 is 0. The maximum Gasteiger partial charge on any atom is 0.261 e. The Bertz CT molecular complexity index is 1230. The van der Waals surface area contributed by atoms with Crippen LogP contribution >= 0.6 is 0 Å². The normalized spacial score (nSPS) is 11.4. The van der Waals surface area contributed by atoms with Crippen LogP contribution in [0.2, 0.25) is 0 Å². The molecular formula is C19H20N4O4S. The Hall–Kier alpha value is -3.20. The molecule has 0 radical (unpaired) electrons. The molecule has 28 heavy (non-hydrogen) atoms. The molecule has 0 unspecified atom stereocenters. The minimum atomic E-state index is -3.44. The molecule has 2 heterocycles. The standard InChI is InChI=1S/C19H20N4O4S/c1-4-23-11-16(17(24)15-9-8-12(2)20-18(15)23)19(25)21-13-6-5-7-14(10-13)22-28(3,26)27/h5-11,22H,4H2,1-3H3,(H,21,25). The number of aryl methyl sites for hydroxylation is 2. The van der Waals surface area contributed by atoms with Crippen LogP contribution in [-0.2, 0) is 16.6 Å². The Morgan fingerprint density at radius 2 is 1.89 bits per heavy atom. The second kappa shape index (κ2) is 7.43. The zero-order chi connectivity index (χ0) is 20.5. The van der Waals surface area contributed by atoms with Gasteiger partial charge in [0.25, 0.3) is 5.91 Å². The van der Waals surface area contributed by atoms with Crippen LogP contribution in [0.1, 0.15) is 23.0 Å². The summed E-state index contributed by atoms with van der Waals surface area (Å²) in [6, 6.07) is 9.63. The van der Waals surface area contributed by atoms with Crippen LogP contribution in [0.15, 0.2) is 47.4 Å². The Labute approximate surface area is 162 Å². The van der Waals surface area contributed by atoms with E-state index in [1.54, 1.807) is 34.9 Å². The van der Waals surface area contributed by atoms with Gasteiger partial charge in [0.2, 0.25) is 15.5 Å². The lowest BCUT2D eigenvalue weighted by molar-refractivity contribution is 0.102. The third kappa shape index (κ3) is 4.20. The Morgan fingerprint density at radius 3 is 2.57 bits per heavy atom. The number of pyridine rings is 2. The fourth-order valence-electron chi connectivity index (χ4n) is 2.84. The van der Waals surface area contributed by atoms with Crippen LogP contribution in [0.4, 0.5) is 11.4 Å². The van der Waals surface area contributed by atoms with E-state index in [4.69, 9.17) is 0 Å². The first-order valence-electron chi connectivity index (χ1n) is 8.58. The van der Waals surface area contributed by atoms with Crippen molar-refractivity contribution in [2.45, 2.75) is 20.4 Å². The maximum absolute atomic E-state index is 12.8. The number of carbonyl (C=O) groups excluding carboxylic acids is 1. The van der Waals surface area contributed by atoms with Gasteiger partial charge in [0.15, 0.2) is 0 Å². The molecule has 3 rings (SSSR count). The summed E-state index contributed by atoms with van der Waals surface area (Å²) < 4.78 is 26.8. The largest absolute Gasteiger partial charge is 0.332 e. The lowest BCUT2D eigenvalue weighted by Gasteiger charge is -2.12. The summed E-state index contributed by atoms with van der Waals surface area (Å²) in [5.74, 6) is -0.578. The third-order valence-electron chi connectivity index (χ3n) is 4.07. The van der Waals surface area contributed by atoms with Crippen molar-refractivity contribution in [3.63, 3.8) is 0 Å². The number of hydrogen-bond acceptors (Lipinski definition) is 5. The maximum atomic E-state index is 12.8. The molecule has 9 heteroatoms. The van der Waals surface area contributed by atoms with Gasteiger partial charge in [-0.3, -0.25) is 14.3 Å². The van der Waals surface area contributed by atoms with Crippen molar-refractivity contribution >= 4 is 38.3 Å². The van der Waals surface area contributed by atoms with Crippen LogP contribution < -0.4 is 15.5 Å². The molecule has 0 saturated heterocycles. The van der Waals surface area contributed by atoms with Gasteiger partial charge in [0.1, 0.15) is 11.2 Å². The molecule has 1 amide bonds. The predicted molar refractivity (Wildman–Crippen MR) is 109 cm³/mol. The van der Waals surface area contributed by atoms with Crippen LogP contribution in [0.3, 0.4) is 0 Å². The van der Waals surface area contributed by atoms with Gasteiger partial charge >= 0.3 is 0 Å². The molecule has 2 N–H and O–H groups in total. The topological polar surface area (TPSA) is 110 Å². The fraction of sp³-hybridized carbons (Fsp3) is 0.211. The number of benzene rings is 1. The summed E-state index contributed by atoms with van der Waals surface area (Å²) in [5.41, 5.74) is 1.56. The first kappa shape index (κ1) is 19.6. The minimum Gasteiger partial charge on any atom is -0.332 e. The zero-order valence-electron chi connectivity index (χ0n) is 15.7. The first-order valence-corrected chi connectivity index (χ1v) is 10.5. The van der Waals surface area contributed by atoms with E-state index in [2.05, 4.69) is 15.0 Å². The van der Waals surface area contributed by atoms with Crippen molar-refractivity contribution in [1.82, 2.24) is 9.55 Å². The van der Waals surface area contributed by atoms with E-state index < -0.39 is 21.4 Å². The first-order chi connectivity index (χ1) is 13.2. The number of nitrogens with zero attached hydrogens (tertiary/aromatic N) is 2. The van der Waals surface area contributed by atoms with Crippen LogP contribution in [-0.4, -0.2) is 30.1 Å². The molecule has 0 aliphatic heterocycles. The van der Waals surface area contributed by atoms with E-state index >= 15 is 0 Å². The van der Waals surface area contributed by atoms with Crippen molar-refractivity contribution in [3.05, 3.63) is 64.1 Å². The van der Waals surface area contributed by atoms with Crippen LogP contribution in [0, 0.1) is 6.92 Å². The smallest absolute Gasteiger partial charge is 0.261 e. The van der Waals surface area contributed by atoms with E-state index in [9.17, 15) is 18.0 Å². The van der Waals surface area contributed by atoms with Gasteiger partial charge in [-0.05, 0) is 44.2 Å². The lowest BCUT2D eigenvalue weighted by atomic mass is 10.1. The zero-order valence-corrected chi connectivity index (χ0v) is 16.5. The number of amides is 1. The molecular weight excluding hydrogens is 380 g/mol. The van der Waals surface area contributed by atoms with Gasteiger partial charge in [-0.15, -0.1) is 0 Å². The monoisotopic (exact) mass is 400 g/mol. The Balaban J connectivity index is 1.98. The Kier molecular flexibility index (Phi) is 5.19. The number of hydrogen-bond donors (Lipinski definition) is 2. The quantitative estimate of drug-likeness (QED) is 0.683. The lowest BCUT2D eigenvalue weighted by Crippen LogP contribution is -2.24. The third-order valence-corrected chi connectivity index (χ3v) is 4.68. The van der Waals surface area contributed by atoms with Gasteiger partial charge in [-0.25, -0.2) is 13.4 Å². The predicted octanol–water partition coefficient (Wildman–Crippen LogP) is 2.35. The highest BCUT2D eigenvalue weighted by atomic mass is 32.2. The van der Waals surface area contributed by atoms with E-state index in [1.807, 2.05) is 13.8 Å². The van der Waals surface area contributed by atoms with Gasteiger partial charge in [-0.2, -0.15) is 0 Å². The van der Waals surface area contributed by atoms with Crippen molar-refractivity contribution in [1.29, 1.82) is 0 Å². The van der Waals surface area contributed by atoms with Gasteiger partial charge < -0.3 is 9.88 Å². The summed E-state index contributed by atoms with van der Waals surface area (Å²) in [6.45, 7) is 4.28. The number of fused-ring (bicyclic) bond motifs is 1. The molecule has 0 saturated carbocycles. The highest BCUT2D eigenvalue weighted by molar-refractivity contribution is 7.92. The molecule has 1 aromatic carbocycles. The SMILES string of the molecule is CCn1cc(C(=O)Nc2cccc(NS(C)(=O)=O)c2)c(=O)c2ccc(C)nc21. The highest BCUT2D eigenvalue weighted by Gasteiger charge is 2.16. The molecule has 3 aromatic rings. The molecule has 0 aliphatic carbocycles. The van der Waals surface area contributed by atoms with E-state index in [0.29, 0.717) is 29.0 Å². The number of carbonyl (C=O) groups is 1. The summed E-state index contributed by atoms with van der Waals surface area (Å²) in [4.78, 5) is 29.9. The van der Waals surface area contributed by atoms with Crippen molar-refractivity contribution in [2.24, 2.45) is 0 Å².